The van der Waals surface area contributed by atoms with Crippen LogP contribution in [0.5, 0.6) is 0 Å². The Morgan fingerprint density at radius 1 is 1.25 bits per heavy atom. The number of imide groups is 1. The minimum atomic E-state index is -1.23. The number of ether oxygens (including phenoxy) is 1. The number of carbonyl (C=O) groups excluding carboxylic acids is 2. The maximum absolute atomic E-state index is 12.4. The van der Waals surface area contributed by atoms with Crippen LogP contribution in [0.1, 0.15) is 27.2 Å². The standard InChI is InChI=1S/C15H25NO3Si/c1-15(2,3)19-14(18)16-9-7-8(13(16)17)10-11(9)12(10)20(4,5)6/h8-12H,7H2,1-6H3/t8-,9+,10+,11-,12-/m0/s1. The molecule has 0 unspecified atom stereocenters. The van der Waals surface area contributed by atoms with Crippen LogP contribution >= 0.6 is 0 Å². The molecule has 2 bridgehead atoms. The van der Waals surface area contributed by atoms with E-state index in [0.717, 1.165) is 6.42 Å². The van der Waals surface area contributed by atoms with Gasteiger partial charge in [0, 0.05) is 20.0 Å². The van der Waals surface area contributed by atoms with Gasteiger partial charge in [-0.1, -0.05) is 19.6 Å². The van der Waals surface area contributed by atoms with E-state index in [9.17, 15) is 9.59 Å². The Bertz CT molecular complexity index is 476. The van der Waals surface area contributed by atoms with E-state index in [1.807, 2.05) is 20.8 Å². The molecule has 0 aromatic carbocycles. The lowest BCUT2D eigenvalue weighted by Gasteiger charge is -2.29. The summed E-state index contributed by atoms with van der Waals surface area (Å²) in [5.74, 6) is 1.25. The molecule has 1 saturated heterocycles. The van der Waals surface area contributed by atoms with Crippen molar-refractivity contribution in [1.29, 1.82) is 0 Å². The molecule has 0 aromatic heterocycles. The molecule has 0 spiro atoms. The summed E-state index contributed by atoms with van der Waals surface area (Å²) in [7, 11) is -1.23. The van der Waals surface area contributed by atoms with Crippen LogP contribution in [-0.2, 0) is 9.53 Å². The van der Waals surface area contributed by atoms with Gasteiger partial charge in [-0.25, -0.2) is 9.69 Å². The molecule has 20 heavy (non-hydrogen) atoms. The fourth-order valence-corrected chi connectivity index (χ4v) is 7.62. The van der Waals surface area contributed by atoms with Crippen molar-refractivity contribution in [3.63, 3.8) is 0 Å². The minimum absolute atomic E-state index is 0.0197. The van der Waals surface area contributed by atoms with Gasteiger partial charge in [0.1, 0.15) is 5.60 Å². The number of hydrogen-bond donors (Lipinski definition) is 0. The monoisotopic (exact) mass is 295 g/mol. The van der Waals surface area contributed by atoms with Crippen molar-refractivity contribution in [3.8, 4) is 0 Å². The Balaban J connectivity index is 1.78. The minimum Gasteiger partial charge on any atom is -0.443 e. The van der Waals surface area contributed by atoms with Gasteiger partial charge in [0.25, 0.3) is 0 Å². The Labute approximate surface area is 121 Å². The first-order chi connectivity index (χ1) is 9.02. The fourth-order valence-electron chi connectivity index (χ4n) is 4.52. The highest BCUT2D eigenvalue weighted by molar-refractivity contribution is 6.78. The van der Waals surface area contributed by atoms with Crippen molar-refractivity contribution < 1.29 is 14.3 Å². The molecule has 3 aliphatic rings. The molecule has 2 aliphatic carbocycles. The molecule has 112 valence electrons. The van der Waals surface area contributed by atoms with E-state index in [1.165, 1.54) is 4.90 Å². The van der Waals surface area contributed by atoms with Gasteiger partial charge in [-0.15, -0.1) is 0 Å². The molecule has 0 aromatic rings. The first kappa shape index (κ1) is 14.1. The lowest BCUT2D eigenvalue weighted by molar-refractivity contribution is -0.133. The van der Waals surface area contributed by atoms with Crippen molar-refractivity contribution >= 4 is 20.1 Å². The third-order valence-corrected chi connectivity index (χ3v) is 7.78. The SMILES string of the molecule is CC(C)(C)OC(=O)N1C(=O)[C@H]2C[C@@H]1[C@H]1[C@@H]2[C@@H]1[Si](C)(C)C. The van der Waals surface area contributed by atoms with Crippen LogP contribution in [0.15, 0.2) is 0 Å². The molecule has 1 heterocycles. The highest BCUT2D eigenvalue weighted by Crippen LogP contribution is 2.72. The molecule has 2 saturated carbocycles. The average Bonchev–Trinajstić information content (AvgIpc) is 2.77. The molecule has 2 amide bonds. The zero-order chi connectivity index (χ0) is 15.0. The van der Waals surface area contributed by atoms with Crippen molar-refractivity contribution in [2.24, 2.45) is 17.8 Å². The lowest BCUT2D eigenvalue weighted by Crippen LogP contribution is -2.45. The van der Waals surface area contributed by atoms with Crippen LogP contribution in [0.3, 0.4) is 0 Å². The molecular weight excluding hydrogens is 270 g/mol. The van der Waals surface area contributed by atoms with Gasteiger partial charge in [0.05, 0.1) is 0 Å². The number of likely N-dealkylation sites (tertiary alicyclic amines) is 1. The molecule has 1 aliphatic heterocycles. The molecular formula is C15H25NO3Si. The van der Waals surface area contributed by atoms with Gasteiger partial charge in [0.15, 0.2) is 0 Å². The topological polar surface area (TPSA) is 46.6 Å². The first-order valence-corrected chi connectivity index (χ1v) is 11.2. The number of fused-ring (bicyclic) bond motifs is 5. The summed E-state index contributed by atoms with van der Waals surface area (Å²) in [6, 6.07) is 0.115. The zero-order valence-electron chi connectivity index (χ0n) is 13.3. The molecule has 0 N–H and O–H groups in total. The molecule has 5 atom stereocenters. The maximum atomic E-state index is 12.4. The first-order valence-electron chi connectivity index (χ1n) is 7.58. The summed E-state index contributed by atoms with van der Waals surface area (Å²) < 4.78 is 5.41. The lowest BCUT2D eigenvalue weighted by atomic mass is 10.1. The van der Waals surface area contributed by atoms with Crippen LogP contribution in [0.4, 0.5) is 4.79 Å². The summed E-state index contributed by atoms with van der Waals surface area (Å²) in [5, 5.41) is 0. The number of hydrogen-bond acceptors (Lipinski definition) is 3. The van der Waals surface area contributed by atoms with Crippen LogP contribution in [0.25, 0.3) is 0 Å². The zero-order valence-corrected chi connectivity index (χ0v) is 14.3. The molecule has 5 heteroatoms. The smallest absolute Gasteiger partial charge is 0.417 e. The highest BCUT2D eigenvalue weighted by atomic mass is 28.3. The number of carbonyl (C=O) groups is 2. The Hall–Kier alpha value is -0.843. The fraction of sp³-hybridized carbons (Fsp3) is 0.867. The van der Waals surface area contributed by atoms with Crippen molar-refractivity contribution in [2.45, 2.75) is 64.0 Å². The van der Waals surface area contributed by atoms with Crippen LogP contribution in [0, 0.1) is 17.8 Å². The van der Waals surface area contributed by atoms with Crippen molar-refractivity contribution in [2.75, 3.05) is 0 Å². The third-order valence-electron chi connectivity index (χ3n) is 5.01. The summed E-state index contributed by atoms with van der Waals surface area (Å²) >= 11 is 0. The summed E-state index contributed by atoms with van der Waals surface area (Å²) in [6.45, 7) is 12.6. The van der Waals surface area contributed by atoms with Crippen LogP contribution < -0.4 is 0 Å². The van der Waals surface area contributed by atoms with Crippen molar-refractivity contribution in [3.05, 3.63) is 0 Å². The van der Waals surface area contributed by atoms with Crippen LogP contribution in [-0.4, -0.2) is 36.6 Å². The average molecular weight is 295 g/mol. The normalized spacial score (nSPS) is 39.0. The number of rotatable bonds is 1. The van der Waals surface area contributed by atoms with Gasteiger partial charge < -0.3 is 4.74 Å². The second-order valence-corrected chi connectivity index (χ2v) is 14.0. The predicted octanol–water partition coefficient (Wildman–Crippen LogP) is 3.11. The highest BCUT2D eigenvalue weighted by Gasteiger charge is 2.74. The van der Waals surface area contributed by atoms with E-state index in [1.54, 1.807) is 0 Å². The largest absolute Gasteiger partial charge is 0.443 e. The summed E-state index contributed by atoms with van der Waals surface area (Å²) in [4.78, 5) is 26.2. The molecule has 3 fully saturated rings. The van der Waals surface area contributed by atoms with Gasteiger partial charge in [-0.2, -0.15) is 0 Å². The van der Waals surface area contributed by atoms with E-state index in [-0.39, 0.29) is 17.9 Å². The van der Waals surface area contributed by atoms with E-state index in [0.29, 0.717) is 17.4 Å². The van der Waals surface area contributed by atoms with Gasteiger partial charge in [-0.3, -0.25) is 4.79 Å². The van der Waals surface area contributed by atoms with Crippen LogP contribution in [0.2, 0.25) is 25.2 Å². The number of amides is 2. The second kappa shape index (κ2) is 3.87. The molecule has 4 nitrogen and oxygen atoms in total. The van der Waals surface area contributed by atoms with Gasteiger partial charge >= 0.3 is 6.09 Å². The van der Waals surface area contributed by atoms with Gasteiger partial charge in [-0.05, 0) is 44.6 Å². The summed E-state index contributed by atoms with van der Waals surface area (Å²) in [6.07, 6.45) is 0.434. The second-order valence-electron chi connectivity index (χ2n) is 8.64. The van der Waals surface area contributed by atoms with E-state index in [4.69, 9.17) is 4.74 Å². The summed E-state index contributed by atoms with van der Waals surface area (Å²) in [5.41, 5.74) is 0.169. The Morgan fingerprint density at radius 3 is 2.35 bits per heavy atom. The maximum Gasteiger partial charge on any atom is 0.417 e. The van der Waals surface area contributed by atoms with E-state index in [2.05, 4.69) is 19.6 Å². The van der Waals surface area contributed by atoms with Crippen molar-refractivity contribution in [1.82, 2.24) is 4.90 Å². The number of nitrogens with zero attached hydrogens (tertiary/aromatic N) is 1. The van der Waals surface area contributed by atoms with E-state index >= 15 is 0 Å². The van der Waals surface area contributed by atoms with Gasteiger partial charge in [0.2, 0.25) is 5.91 Å². The number of piperidine rings is 1. The predicted molar refractivity (Wildman–Crippen MR) is 79.1 cm³/mol. The molecule has 0 radical (unpaired) electrons. The quantitative estimate of drug-likeness (QED) is 0.698. The molecule has 3 rings (SSSR count). The third kappa shape index (κ3) is 1.93. The Morgan fingerprint density at radius 2 is 1.85 bits per heavy atom. The Kier molecular flexibility index (Phi) is 2.73. The van der Waals surface area contributed by atoms with E-state index < -0.39 is 19.8 Å².